The van der Waals surface area contributed by atoms with Crippen molar-refractivity contribution in [3.63, 3.8) is 0 Å². The summed E-state index contributed by atoms with van der Waals surface area (Å²) in [5.41, 5.74) is 0.564. The Hall–Kier alpha value is -1.76. The predicted octanol–water partition coefficient (Wildman–Crippen LogP) is 2.34. The van der Waals surface area contributed by atoms with Crippen LogP contribution in [0.2, 0.25) is 0 Å². The van der Waals surface area contributed by atoms with Crippen LogP contribution in [0.3, 0.4) is 0 Å². The zero-order valence-electron chi connectivity index (χ0n) is 10.5. The summed E-state index contributed by atoms with van der Waals surface area (Å²) < 4.78 is 2.01. The molecule has 0 aliphatic heterocycles. The molecule has 0 saturated carbocycles. The van der Waals surface area contributed by atoms with Crippen LogP contribution in [0.5, 0.6) is 0 Å². The molecule has 0 atom stereocenters. The lowest BCUT2D eigenvalue weighted by Crippen LogP contribution is -2.20. The van der Waals surface area contributed by atoms with Crippen molar-refractivity contribution in [2.24, 2.45) is 4.99 Å². The van der Waals surface area contributed by atoms with Gasteiger partial charge in [-0.2, -0.15) is 5.26 Å². The van der Waals surface area contributed by atoms with Crippen LogP contribution in [-0.4, -0.2) is 29.9 Å². The molecular formula is C12H18N4. The summed E-state index contributed by atoms with van der Waals surface area (Å²) in [4.78, 5) is 6.22. The highest BCUT2D eigenvalue weighted by Gasteiger charge is 2.17. The Morgan fingerprint density at radius 3 is 2.50 bits per heavy atom. The van der Waals surface area contributed by atoms with Crippen LogP contribution in [0.25, 0.3) is 0 Å². The van der Waals surface area contributed by atoms with Crippen molar-refractivity contribution in [3.8, 4) is 6.07 Å². The third kappa shape index (κ3) is 2.86. The van der Waals surface area contributed by atoms with Gasteiger partial charge in [0.1, 0.15) is 11.9 Å². The molecule has 1 aromatic heterocycles. The van der Waals surface area contributed by atoms with Gasteiger partial charge in [-0.05, 0) is 20.8 Å². The summed E-state index contributed by atoms with van der Waals surface area (Å²) in [7, 11) is 3.83. The molecule has 0 aliphatic carbocycles. The standard InChI is InChI=1S/C12H18N4/c1-12(2,3)16-8-10(7-13)6-11(16)14-9-15(4)5/h6,8-9H,1-5H3. The minimum atomic E-state index is -0.0753. The monoisotopic (exact) mass is 218 g/mol. The maximum absolute atomic E-state index is 8.89. The predicted molar refractivity (Wildman–Crippen MR) is 66.0 cm³/mol. The van der Waals surface area contributed by atoms with Gasteiger partial charge < -0.3 is 9.47 Å². The van der Waals surface area contributed by atoms with Gasteiger partial charge >= 0.3 is 0 Å². The first-order valence-corrected chi connectivity index (χ1v) is 5.18. The van der Waals surface area contributed by atoms with E-state index in [1.807, 2.05) is 29.8 Å². The fourth-order valence-electron chi connectivity index (χ4n) is 1.32. The molecule has 0 bridgehead atoms. The van der Waals surface area contributed by atoms with E-state index in [0.717, 1.165) is 5.82 Å². The number of aliphatic imine (C=N–C) groups is 1. The van der Waals surface area contributed by atoms with E-state index >= 15 is 0 Å². The van der Waals surface area contributed by atoms with E-state index in [-0.39, 0.29) is 5.54 Å². The van der Waals surface area contributed by atoms with Crippen LogP contribution < -0.4 is 0 Å². The summed E-state index contributed by atoms with van der Waals surface area (Å²) in [6.45, 7) is 6.26. The second-order valence-electron chi connectivity index (χ2n) is 4.95. The molecule has 1 heterocycles. The lowest BCUT2D eigenvalue weighted by atomic mass is 10.1. The molecule has 0 saturated heterocycles. The summed E-state index contributed by atoms with van der Waals surface area (Å²) in [6, 6.07) is 3.94. The molecule has 4 heteroatoms. The third-order valence-corrected chi connectivity index (χ3v) is 2.07. The Labute approximate surface area is 96.8 Å². The van der Waals surface area contributed by atoms with Gasteiger partial charge in [0, 0.05) is 31.9 Å². The van der Waals surface area contributed by atoms with E-state index in [1.165, 1.54) is 0 Å². The Morgan fingerprint density at radius 1 is 1.44 bits per heavy atom. The van der Waals surface area contributed by atoms with Crippen molar-refractivity contribution in [1.82, 2.24) is 9.47 Å². The molecule has 0 fully saturated rings. The van der Waals surface area contributed by atoms with Crippen LogP contribution in [0.4, 0.5) is 5.82 Å². The normalized spacial score (nSPS) is 11.8. The fourth-order valence-corrected chi connectivity index (χ4v) is 1.32. The highest BCUT2D eigenvalue weighted by Crippen LogP contribution is 2.25. The molecule has 0 spiro atoms. The van der Waals surface area contributed by atoms with Crippen molar-refractivity contribution in [3.05, 3.63) is 17.8 Å². The molecule has 86 valence electrons. The van der Waals surface area contributed by atoms with Crippen molar-refractivity contribution in [2.45, 2.75) is 26.3 Å². The van der Waals surface area contributed by atoms with Crippen molar-refractivity contribution in [2.75, 3.05) is 14.1 Å². The number of aromatic nitrogens is 1. The van der Waals surface area contributed by atoms with Gasteiger partial charge in [0.2, 0.25) is 0 Å². The average molecular weight is 218 g/mol. The summed E-state index contributed by atoms with van der Waals surface area (Å²) in [6.07, 6.45) is 3.57. The van der Waals surface area contributed by atoms with Crippen LogP contribution >= 0.6 is 0 Å². The van der Waals surface area contributed by atoms with E-state index in [2.05, 4.69) is 31.8 Å². The summed E-state index contributed by atoms with van der Waals surface area (Å²) >= 11 is 0. The minimum Gasteiger partial charge on any atom is -0.369 e. The first-order valence-electron chi connectivity index (χ1n) is 5.18. The lowest BCUT2D eigenvalue weighted by Gasteiger charge is -2.22. The van der Waals surface area contributed by atoms with Gasteiger partial charge in [0.05, 0.1) is 11.9 Å². The molecule has 0 N–H and O–H groups in total. The molecule has 16 heavy (non-hydrogen) atoms. The van der Waals surface area contributed by atoms with Gasteiger partial charge in [-0.3, -0.25) is 0 Å². The largest absolute Gasteiger partial charge is 0.369 e. The highest BCUT2D eigenvalue weighted by atomic mass is 15.2. The minimum absolute atomic E-state index is 0.0753. The number of rotatable bonds is 2. The van der Waals surface area contributed by atoms with Crippen molar-refractivity contribution in [1.29, 1.82) is 5.26 Å². The molecule has 0 aliphatic rings. The van der Waals surface area contributed by atoms with Crippen LogP contribution in [0.15, 0.2) is 17.3 Å². The van der Waals surface area contributed by atoms with Crippen molar-refractivity contribution >= 4 is 12.2 Å². The number of nitrogens with zero attached hydrogens (tertiary/aromatic N) is 4. The average Bonchev–Trinajstić information content (AvgIpc) is 2.57. The second-order valence-corrected chi connectivity index (χ2v) is 4.95. The van der Waals surface area contributed by atoms with E-state index in [0.29, 0.717) is 5.56 Å². The Kier molecular flexibility index (Phi) is 3.38. The van der Waals surface area contributed by atoms with Gasteiger partial charge in [-0.25, -0.2) is 4.99 Å². The number of hydrogen-bond donors (Lipinski definition) is 0. The lowest BCUT2D eigenvalue weighted by molar-refractivity contribution is 0.402. The second kappa shape index (κ2) is 4.40. The van der Waals surface area contributed by atoms with Crippen LogP contribution in [-0.2, 0) is 5.54 Å². The quantitative estimate of drug-likeness (QED) is 0.565. The van der Waals surface area contributed by atoms with E-state index < -0.39 is 0 Å². The molecular weight excluding hydrogens is 200 g/mol. The Balaban J connectivity index is 3.17. The molecule has 4 nitrogen and oxygen atoms in total. The molecule has 0 radical (unpaired) electrons. The van der Waals surface area contributed by atoms with Gasteiger partial charge in [0.15, 0.2) is 0 Å². The van der Waals surface area contributed by atoms with E-state index in [9.17, 15) is 0 Å². The summed E-state index contributed by atoms with van der Waals surface area (Å²) in [5, 5.41) is 8.89. The van der Waals surface area contributed by atoms with Crippen LogP contribution in [0.1, 0.15) is 26.3 Å². The zero-order valence-corrected chi connectivity index (χ0v) is 10.5. The molecule has 1 aromatic rings. The van der Waals surface area contributed by atoms with E-state index in [1.54, 1.807) is 12.4 Å². The van der Waals surface area contributed by atoms with Gasteiger partial charge in [-0.1, -0.05) is 0 Å². The smallest absolute Gasteiger partial charge is 0.136 e. The maximum Gasteiger partial charge on any atom is 0.136 e. The fraction of sp³-hybridized carbons (Fsp3) is 0.500. The Morgan fingerprint density at radius 2 is 2.06 bits per heavy atom. The number of hydrogen-bond acceptors (Lipinski definition) is 2. The SMILES string of the molecule is CN(C)C=Nc1cc(C#N)cn1C(C)(C)C. The molecule has 0 aromatic carbocycles. The topological polar surface area (TPSA) is 44.3 Å². The van der Waals surface area contributed by atoms with E-state index in [4.69, 9.17) is 5.26 Å². The van der Waals surface area contributed by atoms with Crippen LogP contribution in [0, 0.1) is 11.3 Å². The van der Waals surface area contributed by atoms with Gasteiger partial charge in [-0.15, -0.1) is 0 Å². The molecule has 0 amide bonds. The van der Waals surface area contributed by atoms with Gasteiger partial charge in [0.25, 0.3) is 0 Å². The first-order chi connectivity index (χ1) is 7.34. The third-order valence-electron chi connectivity index (χ3n) is 2.07. The maximum atomic E-state index is 8.89. The number of nitriles is 1. The molecule has 1 rings (SSSR count). The zero-order chi connectivity index (χ0) is 12.3. The van der Waals surface area contributed by atoms with Crippen molar-refractivity contribution < 1.29 is 0 Å². The summed E-state index contributed by atoms with van der Waals surface area (Å²) in [5.74, 6) is 0.803. The Bertz CT molecular complexity index is 427. The first kappa shape index (κ1) is 12.3. The highest BCUT2D eigenvalue weighted by molar-refractivity contribution is 5.60. The molecule has 0 unspecified atom stereocenters.